The maximum atomic E-state index is 12.1. The topological polar surface area (TPSA) is 77.0 Å². The summed E-state index contributed by atoms with van der Waals surface area (Å²) in [4.78, 5) is 19.2. The lowest BCUT2D eigenvalue weighted by atomic mass is 9.82. The van der Waals surface area contributed by atoms with Crippen LogP contribution in [0.25, 0.3) is 0 Å². The highest BCUT2D eigenvalue weighted by Gasteiger charge is 2.35. The monoisotopic (exact) mass is 358 g/mol. The number of phenolic OH excluding ortho intramolecular Hbond substituents is 1. The highest BCUT2D eigenvalue weighted by Crippen LogP contribution is 2.35. The number of aromatic hydroxyl groups is 1. The second-order valence-electron chi connectivity index (χ2n) is 7.25. The molecular formula is C20H30N4O2. The van der Waals surface area contributed by atoms with Gasteiger partial charge in [0, 0.05) is 31.7 Å². The Bertz CT molecular complexity index is 615. The molecule has 1 saturated heterocycles. The number of carbonyl (C=O) groups is 1. The zero-order valence-corrected chi connectivity index (χ0v) is 15.6. The maximum Gasteiger partial charge on any atom is 0.251 e. The van der Waals surface area contributed by atoms with E-state index in [9.17, 15) is 9.90 Å². The third-order valence-corrected chi connectivity index (χ3v) is 5.40. The number of amides is 1. The Morgan fingerprint density at radius 2 is 1.81 bits per heavy atom. The van der Waals surface area contributed by atoms with Gasteiger partial charge in [0.1, 0.15) is 5.75 Å². The Hall–Kier alpha value is -2.24. The van der Waals surface area contributed by atoms with Crippen molar-refractivity contribution in [3.8, 4) is 5.75 Å². The molecule has 1 saturated carbocycles. The number of aliphatic imine (C=N–C) groups is 1. The maximum absolute atomic E-state index is 12.1. The zero-order valence-electron chi connectivity index (χ0n) is 15.6. The van der Waals surface area contributed by atoms with Gasteiger partial charge in [-0.05, 0) is 55.9 Å². The van der Waals surface area contributed by atoms with Crippen LogP contribution in [0, 0.1) is 11.8 Å². The average molecular weight is 358 g/mol. The normalized spacial score (nSPS) is 22.8. The third-order valence-electron chi connectivity index (χ3n) is 5.40. The van der Waals surface area contributed by atoms with Crippen LogP contribution in [-0.2, 0) is 0 Å². The van der Waals surface area contributed by atoms with Gasteiger partial charge in [-0.1, -0.05) is 12.8 Å². The van der Waals surface area contributed by atoms with Gasteiger partial charge >= 0.3 is 0 Å². The number of phenols is 1. The molecule has 2 aliphatic rings. The number of rotatable bonds is 5. The number of likely N-dealkylation sites (tertiary alicyclic amines) is 1. The molecule has 0 radical (unpaired) electrons. The van der Waals surface area contributed by atoms with Gasteiger partial charge in [-0.15, -0.1) is 0 Å². The molecule has 2 fully saturated rings. The van der Waals surface area contributed by atoms with Crippen molar-refractivity contribution in [2.75, 3.05) is 32.7 Å². The van der Waals surface area contributed by atoms with Crippen molar-refractivity contribution >= 4 is 11.9 Å². The molecule has 6 heteroatoms. The molecule has 1 amide bonds. The first-order valence-corrected chi connectivity index (χ1v) is 9.78. The van der Waals surface area contributed by atoms with Crippen LogP contribution < -0.4 is 10.6 Å². The Balaban J connectivity index is 1.49. The summed E-state index contributed by atoms with van der Waals surface area (Å²) in [5.41, 5.74) is 0.544. The zero-order chi connectivity index (χ0) is 18.4. The summed E-state index contributed by atoms with van der Waals surface area (Å²) in [6.45, 7) is 6.20. The minimum absolute atomic E-state index is 0.141. The number of benzene rings is 1. The molecule has 1 heterocycles. The number of fused-ring (bicyclic) bond motifs is 1. The van der Waals surface area contributed by atoms with Gasteiger partial charge in [0.15, 0.2) is 5.96 Å². The molecule has 3 rings (SSSR count). The number of hydrogen-bond donors (Lipinski definition) is 3. The fourth-order valence-corrected chi connectivity index (χ4v) is 4.05. The van der Waals surface area contributed by atoms with Crippen molar-refractivity contribution in [3.05, 3.63) is 29.8 Å². The predicted octanol–water partition coefficient (Wildman–Crippen LogP) is 2.21. The average Bonchev–Trinajstić information content (AvgIpc) is 3.08. The first kappa shape index (κ1) is 18.5. The summed E-state index contributed by atoms with van der Waals surface area (Å²) in [7, 11) is 0. The van der Waals surface area contributed by atoms with Crippen molar-refractivity contribution in [1.29, 1.82) is 0 Å². The summed E-state index contributed by atoms with van der Waals surface area (Å²) in [5, 5.41) is 15.6. The number of guanidine groups is 1. The summed E-state index contributed by atoms with van der Waals surface area (Å²) >= 11 is 0. The predicted molar refractivity (Wildman–Crippen MR) is 103 cm³/mol. The Labute approximate surface area is 155 Å². The molecule has 26 heavy (non-hydrogen) atoms. The number of carbonyl (C=O) groups excluding carboxylic acids is 1. The van der Waals surface area contributed by atoms with Crippen molar-refractivity contribution < 1.29 is 9.90 Å². The van der Waals surface area contributed by atoms with E-state index in [-0.39, 0.29) is 11.7 Å². The van der Waals surface area contributed by atoms with E-state index < -0.39 is 0 Å². The minimum Gasteiger partial charge on any atom is -0.508 e. The number of nitrogens with zero attached hydrogens (tertiary/aromatic N) is 2. The van der Waals surface area contributed by atoms with Crippen molar-refractivity contribution in [2.45, 2.75) is 32.6 Å². The Morgan fingerprint density at radius 3 is 2.42 bits per heavy atom. The quantitative estimate of drug-likeness (QED) is 0.428. The number of hydrogen-bond acceptors (Lipinski definition) is 3. The van der Waals surface area contributed by atoms with Gasteiger partial charge in [0.05, 0.1) is 6.54 Å². The fraction of sp³-hybridized carbons (Fsp3) is 0.600. The lowest BCUT2D eigenvalue weighted by Crippen LogP contribution is -2.41. The molecule has 1 aliphatic carbocycles. The first-order valence-electron chi connectivity index (χ1n) is 9.78. The van der Waals surface area contributed by atoms with E-state index in [4.69, 9.17) is 4.99 Å². The summed E-state index contributed by atoms with van der Waals surface area (Å²) < 4.78 is 0. The van der Waals surface area contributed by atoms with E-state index in [0.717, 1.165) is 37.4 Å². The van der Waals surface area contributed by atoms with Crippen LogP contribution >= 0.6 is 0 Å². The Morgan fingerprint density at radius 1 is 1.15 bits per heavy atom. The van der Waals surface area contributed by atoms with E-state index in [1.807, 2.05) is 0 Å². The van der Waals surface area contributed by atoms with E-state index in [0.29, 0.717) is 18.7 Å². The summed E-state index contributed by atoms with van der Waals surface area (Å²) in [6.07, 6.45) is 5.44. The molecule has 1 aliphatic heterocycles. The van der Waals surface area contributed by atoms with Crippen LogP contribution in [0.4, 0.5) is 0 Å². The van der Waals surface area contributed by atoms with Gasteiger partial charge in [0.25, 0.3) is 5.91 Å². The second-order valence-corrected chi connectivity index (χ2v) is 7.25. The van der Waals surface area contributed by atoms with E-state index in [2.05, 4.69) is 22.5 Å². The SMILES string of the molecule is CCNC(=NCCNC(=O)c1ccc(O)cc1)N1CC2CCCCC2C1. The minimum atomic E-state index is -0.141. The third kappa shape index (κ3) is 4.68. The van der Waals surface area contributed by atoms with E-state index >= 15 is 0 Å². The van der Waals surface area contributed by atoms with Gasteiger partial charge < -0.3 is 20.6 Å². The highest BCUT2D eigenvalue weighted by molar-refractivity contribution is 5.94. The molecule has 0 bridgehead atoms. The summed E-state index contributed by atoms with van der Waals surface area (Å²) in [6, 6.07) is 6.26. The smallest absolute Gasteiger partial charge is 0.251 e. The molecule has 2 unspecified atom stereocenters. The second kappa shape index (κ2) is 8.92. The molecule has 3 N–H and O–H groups in total. The van der Waals surface area contributed by atoms with Crippen LogP contribution in [0.15, 0.2) is 29.3 Å². The standard InChI is InChI=1S/C20H30N4O2/c1-2-21-20(24-13-16-5-3-4-6-17(16)14-24)23-12-11-22-19(26)15-7-9-18(25)10-8-15/h7-10,16-17,25H,2-6,11-14H2,1H3,(H,21,23)(H,22,26). The van der Waals surface area contributed by atoms with Crippen molar-refractivity contribution in [1.82, 2.24) is 15.5 Å². The van der Waals surface area contributed by atoms with Gasteiger partial charge in [-0.25, -0.2) is 0 Å². The van der Waals surface area contributed by atoms with Crippen molar-refractivity contribution in [3.63, 3.8) is 0 Å². The number of nitrogens with one attached hydrogen (secondary N) is 2. The van der Waals surface area contributed by atoms with Gasteiger partial charge in [0.2, 0.25) is 0 Å². The fourth-order valence-electron chi connectivity index (χ4n) is 4.05. The van der Waals surface area contributed by atoms with E-state index in [1.165, 1.54) is 37.8 Å². The molecule has 1 aromatic carbocycles. The molecule has 6 nitrogen and oxygen atoms in total. The van der Waals surface area contributed by atoms with Crippen LogP contribution in [0.2, 0.25) is 0 Å². The molecule has 2 atom stereocenters. The summed E-state index contributed by atoms with van der Waals surface area (Å²) in [5.74, 6) is 2.63. The Kier molecular flexibility index (Phi) is 6.36. The molecule has 1 aromatic rings. The van der Waals surface area contributed by atoms with Gasteiger partial charge in [-0.2, -0.15) is 0 Å². The highest BCUT2D eigenvalue weighted by atomic mass is 16.3. The van der Waals surface area contributed by atoms with Crippen LogP contribution in [0.5, 0.6) is 5.75 Å². The molecule has 0 spiro atoms. The van der Waals surface area contributed by atoms with Crippen LogP contribution in [-0.4, -0.2) is 54.6 Å². The van der Waals surface area contributed by atoms with E-state index in [1.54, 1.807) is 12.1 Å². The van der Waals surface area contributed by atoms with Crippen LogP contribution in [0.1, 0.15) is 43.0 Å². The van der Waals surface area contributed by atoms with Crippen LogP contribution in [0.3, 0.4) is 0 Å². The first-order chi connectivity index (χ1) is 12.7. The van der Waals surface area contributed by atoms with Crippen molar-refractivity contribution in [2.24, 2.45) is 16.8 Å². The lowest BCUT2D eigenvalue weighted by Gasteiger charge is -2.22. The lowest BCUT2D eigenvalue weighted by molar-refractivity contribution is 0.0955. The molecule has 142 valence electrons. The van der Waals surface area contributed by atoms with Gasteiger partial charge in [-0.3, -0.25) is 9.79 Å². The molecular weight excluding hydrogens is 328 g/mol. The largest absolute Gasteiger partial charge is 0.508 e. The molecule has 0 aromatic heterocycles.